The van der Waals surface area contributed by atoms with Gasteiger partial charge in [0.1, 0.15) is 12.6 Å². The van der Waals surface area contributed by atoms with E-state index in [4.69, 9.17) is 0 Å². The van der Waals surface area contributed by atoms with Crippen LogP contribution in [0.2, 0.25) is 0 Å². The maximum absolute atomic E-state index is 12.1. The van der Waals surface area contributed by atoms with Gasteiger partial charge in [-0.2, -0.15) is 0 Å². The number of carbonyl (C=O) groups is 2. The molecule has 122 valence electrons. The number of carboxylic acid groups (broad SMARTS) is 1. The molecule has 0 radical (unpaired) electrons. The molecule has 0 bridgehead atoms. The van der Waals surface area contributed by atoms with Gasteiger partial charge in [0.2, 0.25) is 5.91 Å². The number of rotatable bonds is 6. The second kappa shape index (κ2) is 7.23. The fourth-order valence-corrected chi connectivity index (χ4v) is 3.03. The minimum Gasteiger partial charge on any atom is -0.480 e. The van der Waals surface area contributed by atoms with Crippen LogP contribution >= 0.6 is 11.3 Å². The molecule has 0 fully saturated rings. The van der Waals surface area contributed by atoms with Crippen molar-refractivity contribution in [1.82, 2.24) is 9.88 Å². The Labute approximate surface area is 137 Å². The first-order chi connectivity index (χ1) is 10.9. The van der Waals surface area contributed by atoms with Crippen LogP contribution in [0.15, 0.2) is 35.1 Å². The average Bonchev–Trinajstić information content (AvgIpc) is 2.74. The van der Waals surface area contributed by atoms with E-state index in [0.29, 0.717) is 0 Å². The Balaban J connectivity index is 2.06. The van der Waals surface area contributed by atoms with Crippen LogP contribution in [0.1, 0.15) is 16.1 Å². The molecule has 0 aliphatic rings. The standard InChI is InChI=1S/C16H18N2O4S/c1-10-11(2)23-16(22)18(10)9-14(19)17-13(15(20)21)8-12-6-4-3-5-7-12/h3-7,13H,8-9H2,1-2H3,(H,17,19)(H,20,21)/t13-/m0/s1. The summed E-state index contributed by atoms with van der Waals surface area (Å²) in [6.45, 7) is 3.40. The lowest BCUT2D eigenvalue weighted by Crippen LogP contribution is -2.44. The van der Waals surface area contributed by atoms with Gasteiger partial charge < -0.3 is 10.4 Å². The van der Waals surface area contributed by atoms with E-state index < -0.39 is 17.9 Å². The summed E-state index contributed by atoms with van der Waals surface area (Å²) >= 11 is 1.08. The Bertz CT molecular complexity index is 764. The molecule has 1 aromatic carbocycles. The number of benzene rings is 1. The Kier molecular flexibility index (Phi) is 5.33. The monoisotopic (exact) mass is 334 g/mol. The van der Waals surface area contributed by atoms with Crippen molar-refractivity contribution in [2.45, 2.75) is 32.9 Å². The fourth-order valence-electron chi connectivity index (χ4n) is 2.20. The maximum atomic E-state index is 12.1. The van der Waals surface area contributed by atoms with Gasteiger partial charge in [-0.1, -0.05) is 41.7 Å². The van der Waals surface area contributed by atoms with Crippen molar-refractivity contribution in [3.05, 3.63) is 56.1 Å². The molecule has 1 aromatic heterocycles. The minimum absolute atomic E-state index is 0.173. The Hall–Kier alpha value is -2.41. The summed E-state index contributed by atoms with van der Waals surface area (Å²) in [5.74, 6) is -1.59. The lowest BCUT2D eigenvalue weighted by atomic mass is 10.1. The van der Waals surface area contributed by atoms with Crippen molar-refractivity contribution >= 4 is 23.2 Å². The number of hydrogen-bond acceptors (Lipinski definition) is 4. The van der Waals surface area contributed by atoms with Crippen molar-refractivity contribution in [1.29, 1.82) is 0 Å². The van der Waals surface area contributed by atoms with Crippen LogP contribution in [0.5, 0.6) is 0 Å². The lowest BCUT2D eigenvalue weighted by Gasteiger charge is -2.15. The highest BCUT2D eigenvalue weighted by molar-refractivity contribution is 7.09. The molecule has 23 heavy (non-hydrogen) atoms. The van der Waals surface area contributed by atoms with Crippen molar-refractivity contribution in [3.63, 3.8) is 0 Å². The zero-order chi connectivity index (χ0) is 17.0. The average molecular weight is 334 g/mol. The Morgan fingerprint density at radius 3 is 2.43 bits per heavy atom. The van der Waals surface area contributed by atoms with Gasteiger partial charge in [0.25, 0.3) is 0 Å². The molecule has 0 aliphatic carbocycles. The Morgan fingerprint density at radius 2 is 1.91 bits per heavy atom. The number of aliphatic carboxylic acids is 1. The van der Waals surface area contributed by atoms with Crippen molar-refractivity contribution in [2.24, 2.45) is 0 Å². The minimum atomic E-state index is -1.10. The molecule has 0 unspecified atom stereocenters. The van der Waals surface area contributed by atoms with E-state index in [1.54, 1.807) is 19.1 Å². The summed E-state index contributed by atoms with van der Waals surface area (Å²) in [4.78, 5) is 35.9. The third-order valence-corrected chi connectivity index (χ3v) is 4.59. The molecule has 0 spiro atoms. The number of aromatic nitrogens is 1. The lowest BCUT2D eigenvalue weighted by molar-refractivity contribution is -0.141. The summed E-state index contributed by atoms with van der Waals surface area (Å²) in [7, 11) is 0. The van der Waals surface area contributed by atoms with Crippen LogP contribution < -0.4 is 10.2 Å². The van der Waals surface area contributed by atoms with E-state index in [1.165, 1.54) is 4.57 Å². The normalized spacial score (nSPS) is 11.9. The first-order valence-corrected chi connectivity index (χ1v) is 7.93. The third kappa shape index (κ3) is 4.29. The second-order valence-corrected chi connectivity index (χ2v) is 6.41. The molecule has 0 saturated carbocycles. The number of amides is 1. The number of thiazole rings is 1. The van der Waals surface area contributed by atoms with Crippen molar-refractivity contribution in [2.75, 3.05) is 0 Å². The molecule has 2 aromatic rings. The predicted molar refractivity (Wildman–Crippen MR) is 87.8 cm³/mol. The molecule has 1 amide bonds. The number of nitrogens with zero attached hydrogens (tertiary/aromatic N) is 1. The van der Waals surface area contributed by atoms with Gasteiger partial charge in [-0.3, -0.25) is 14.2 Å². The molecule has 6 nitrogen and oxygen atoms in total. The van der Waals surface area contributed by atoms with Gasteiger partial charge in [-0.05, 0) is 19.4 Å². The first-order valence-electron chi connectivity index (χ1n) is 7.11. The molecule has 1 atom stereocenters. The molecule has 0 saturated heterocycles. The number of nitrogens with one attached hydrogen (secondary N) is 1. The summed E-state index contributed by atoms with van der Waals surface area (Å²) in [6.07, 6.45) is 0.193. The first kappa shape index (κ1) is 17.0. The van der Waals surface area contributed by atoms with Crippen LogP contribution in [0.25, 0.3) is 0 Å². The molecule has 2 rings (SSSR count). The summed E-state index contributed by atoms with van der Waals surface area (Å²) in [6, 6.07) is 8.05. The quantitative estimate of drug-likeness (QED) is 0.834. The highest BCUT2D eigenvalue weighted by Gasteiger charge is 2.21. The van der Waals surface area contributed by atoms with Crippen LogP contribution in [0.4, 0.5) is 0 Å². The topological polar surface area (TPSA) is 88.4 Å². The smallest absolute Gasteiger partial charge is 0.326 e. The molecule has 7 heteroatoms. The van der Waals surface area contributed by atoms with Gasteiger partial charge in [0.15, 0.2) is 0 Å². The fraction of sp³-hybridized carbons (Fsp3) is 0.312. The van der Waals surface area contributed by atoms with Crippen molar-refractivity contribution < 1.29 is 14.7 Å². The van der Waals surface area contributed by atoms with Gasteiger partial charge >= 0.3 is 10.8 Å². The molecule has 0 aliphatic heterocycles. The van der Waals surface area contributed by atoms with Gasteiger partial charge in [0.05, 0.1) is 0 Å². The van der Waals surface area contributed by atoms with Gasteiger partial charge in [0, 0.05) is 17.0 Å². The largest absolute Gasteiger partial charge is 0.480 e. The highest BCUT2D eigenvalue weighted by Crippen LogP contribution is 2.09. The van der Waals surface area contributed by atoms with Crippen LogP contribution in [-0.4, -0.2) is 27.6 Å². The van der Waals surface area contributed by atoms with Crippen LogP contribution in [-0.2, 0) is 22.6 Å². The molecular formula is C16H18N2O4S. The second-order valence-electron chi connectivity index (χ2n) is 5.24. The molecule has 2 N–H and O–H groups in total. The number of carboxylic acids is 1. The highest BCUT2D eigenvalue weighted by atomic mass is 32.1. The van der Waals surface area contributed by atoms with Crippen LogP contribution in [0.3, 0.4) is 0 Å². The van der Waals surface area contributed by atoms with E-state index in [1.807, 2.05) is 25.1 Å². The SMILES string of the molecule is Cc1sc(=O)n(CC(=O)N[C@@H](Cc2ccccc2)C(=O)O)c1C. The number of hydrogen-bond donors (Lipinski definition) is 2. The van der Waals surface area contributed by atoms with Crippen LogP contribution in [0, 0.1) is 13.8 Å². The van der Waals surface area contributed by atoms with E-state index in [-0.39, 0.29) is 17.8 Å². The Morgan fingerprint density at radius 1 is 1.26 bits per heavy atom. The summed E-state index contributed by atoms with van der Waals surface area (Å²) < 4.78 is 1.36. The molecule has 1 heterocycles. The van der Waals surface area contributed by atoms with Gasteiger partial charge in [-0.15, -0.1) is 0 Å². The van der Waals surface area contributed by atoms with E-state index in [9.17, 15) is 19.5 Å². The predicted octanol–water partition coefficient (Wildman–Crippen LogP) is 1.34. The molecular weight excluding hydrogens is 316 g/mol. The third-order valence-electron chi connectivity index (χ3n) is 3.59. The van der Waals surface area contributed by atoms with Gasteiger partial charge in [-0.25, -0.2) is 4.79 Å². The number of aryl methyl sites for hydroxylation is 1. The zero-order valence-electron chi connectivity index (χ0n) is 12.9. The van der Waals surface area contributed by atoms with Crippen molar-refractivity contribution in [3.8, 4) is 0 Å². The summed E-state index contributed by atoms with van der Waals surface area (Å²) in [5.41, 5.74) is 1.55. The zero-order valence-corrected chi connectivity index (χ0v) is 13.7. The number of carbonyl (C=O) groups excluding carboxylic acids is 1. The van der Waals surface area contributed by atoms with E-state index in [0.717, 1.165) is 27.5 Å². The summed E-state index contributed by atoms with van der Waals surface area (Å²) in [5, 5.41) is 11.8. The van der Waals surface area contributed by atoms with E-state index in [2.05, 4.69) is 5.32 Å². The van der Waals surface area contributed by atoms with E-state index >= 15 is 0 Å². The maximum Gasteiger partial charge on any atom is 0.326 e.